The van der Waals surface area contributed by atoms with Gasteiger partial charge in [0, 0.05) is 6.08 Å². The average molecular weight is 186 g/mol. The molecule has 0 amide bonds. The molecule has 1 rings (SSSR count). The highest BCUT2D eigenvalue weighted by Crippen LogP contribution is 2.25. The van der Waals surface area contributed by atoms with E-state index in [1.807, 2.05) is 0 Å². The number of phenolic OH excluding ortho intramolecular Hbond substituents is 2. The number of carboxylic acids is 1. The molecule has 0 aromatic heterocycles. The van der Waals surface area contributed by atoms with Crippen molar-refractivity contribution < 1.29 is 20.1 Å². The van der Waals surface area contributed by atoms with Crippen molar-refractivity contribution in [3.63, 3.8) is 0 Å². The number of aromatic hydroxyl groups is 2. The van der Waals surface area contributed by atoms with Crippen LogP contribution < -0.4 is 0 Å². The summed E-state index contributed by atoms with van der Waals surface area (Å²) in [6.07, 6.45) is 2.27. The summed E-state index contributed by atoms with van der Waals surface area (Å²) in [5, 5.41) is 26.3. The molecule has 0 heterocycles. The minimum atomic E-state index is -1.06. The number of phenols is 2. The molecule has 0 bridgehead atoms. The zero-order chi connectivity index (χ0) is 9.84. The molecule has 4 nitrogen and oxygen atoms in total. The zero-order valence-electron chi connectivity index (χ0n) is 6.64. The first kappa shape index (κ1) is 9.12. The van der Waals surface area contributed by atoms with Gasteiger partial charge in [0.2, 0.25) is 0 Å². The molecule has 4 heteroatoms. The van der Waals surface area contributed by atoms with E-state index in [1.54, 1.807) is 0 Å². The molecule has 3 N–H and O–H groups in total. The molecule has 0 saturated heterocycles. The van der Waals surface area contributed by atoms with Crippen molar-refractivity contribution in [1.82, 2.24) is 0 Å². The van der Waals surface area contributed by atoms with Gasteiger partial charge in [0.15, 0.2) is 11.5 Å². The molecule has 0 aliphatic carbocycles. The van der Waals surface area contributed by atoms with Gasteiger partial charge in [-0.25, -0.2) is 4.79 Å². The van der Waals surface area contributed by atoms with E-state index in [9.17, 15) is 4.79 Å². The molecular weight excluding hydrogens is 178 g/mol. The van der Waals surface area contributed by atoms with Gasteiger partial charge in [0.25, 0.3) is 0 Å². The fourth-order valence-corrected chi connectivity index (χ4v) is 0.812. The predicted octanol–water partition coefficient (Wildman–Crippen LogP) is 1.20. The van der Waals surface area contributed by atoms with Gasteiger partial charge in [-0.1, -0.05) is 6.07 Å². The van der Waals surface area contributed by atoms with Crippen LogP contribution in [0.3, 0.4) is 0 Å². The van der Waals surface area contributed by atoms with E-state index in [2.05, 4.69) is 0 Å². The molecule has 0 saturated carbocycles. The second-order valence-electron chi connectivity index (χ2n) is 2.42. The monoisotopic (exact) mass is 186 g/mol. The molecule has 0 aliphatic rings. The van der Waals surface area contributed by atoms with Crippen LogP contribution >= 0.6 is 0 Å². The van der Waals surface area contributed by atoms with Crippen molar-refractivity contribution >= 4 is 12.0 Å². The maximum absolute atomic E-state index is 10.1. The van der Waals surface area contributed by atoms with Crippen LogP contribution in [-0.2, 0) is 4.79 Å². The van der Waals surface area contributed by atoms with Gasteiger partial charge in [0.05, 0.1) is 0 Å². The Morgan fingerprint density at radius 2 is 1.92 bits per heavy atom. The first-order valence-electron chi connectivity index (χ1n) is 3.52. The first-order chi connectivity index (χ1) is 6.09. The topological polar surface area (TPSA) is 77.8 Å². The maximum Gasteiger partial charge on any atom is 0.328 e. The summed E-state index contributed by atoms with van der Waals surface area (Å²) in [7, 11) is 0. The Kier molecular flexibility index (Phi) is 2.54. The second kappa shape index (κ2) is 3.62. The number of benzene rings is 1. The van der Waals surface area contributed by atoms with E-state index in [4.69, 9.17) is 15.3 Å². The molecule has 68 valence electrons. The Hall–Kier alpha value is -1.97. The molecule has 0 radical (unpaired) electrons. The summed E-state index contributed by atoms with van der Waals surface area (Å²) in [5.41, 5.74) is 0.512. The van der Waals surface area contributed by atoms with E-state index < -0.39 is 5.97 Å². The van der Waals surface area contributed by atoms with E-state index in [0.717, 1.165) is 6.08 Å². The van der Waals surface area contributed by atoms with Crippen LogP contribution in [0.15, 0.2) is 24.3 Å². The lowest BCUT2D eigenvalue weighted by molar-refractivity contribution is -0.131. The van der Waals surface area contributed by atoms with Crippen LogP contribution in [0.1, 0.15) is 5.56 Å². The number of aliphatic carboxylic acids is 1. The van der Waals surface area contributed by atoms with Crippen LogP contribution in [0.4, 0.5) is 0 Å². The fourth-order valence-electron chi connectivity index (χ4n) is 0.812. The Morgan fingerprint density at radius 3 is 2.46 bits per heavy atom. The molecule has 0 atom stereocenters. The number of rotatable bonds is 2. The lowest BCUT2D eigenvalue weighted by Gasteiger charge is -1.97. The summed E-state index contributed by atoms with van der Waals surface area (Å²) in [5.74, 6) is -1.56. The van der Waals surface area contributed by atoms with E-state index >= 15 is 0 Å². The van der Waals surface area contributed by atoms with Crippen molar-refractivity contribution in [2.75, 3.05) is 0 Å². The number of carboxylic acid groups (broad SMARTS) is 1. The quantitative estimate of drug-likeness (QED) is 0.479. The van der Waals surface area contributed by atoms with Crippen LogP contribution in [0.25, 0.3) is 6.08 Å². The average Bonchev–Trinajstić information content (AvgIpc) is 2.07. The molecule has 1 aromatic rings. The van der Waals surface area contributed by atoms with Gasteiger partial charge in [0.1, 0.15) is 0 Å². The highest BCUT2D eigenvalue weighted by atomic mass is 16.4. The Morgan fingerprint density at radius 1 is 1.23 bits per heavy atom. The van der Waals surface area contributed by atoms with Crippen molar-refractivity contribution in [3.05, 3.63) is 29.8 Å². The molecule has 0 aliphatic heterocycles. The third kappa shape index (κ3) is 2.52. The van der Waals surface area contributed by atoms with Crippen molar-refractivity contribution in [2.45, 2.75) is 0 Å². The van der Waals surface area contributed by atoms with Gasteiger partial charge < -0.3 is 15.3 Å². The standard InChI is InChI=1S/C9H8O4/c10-7-3-1-6(5-8(7)11)2-4-9(12)13/h1-5,10-11H,(H,12,13)/b4-2+/i1+1,3+1,5+1,6+1,7+1,8+1. The highest BCUT2D eigenvalue weighted by Gasteiger charge is 1.97. The molecule has 0 unspecified atom stereocenters. The molecule has 13 heavy (non-hydrogen) atoms. The minimum absolute atomic E-state index is 0.229. The molecule has 0 fully saturated rings. The third-order valence-electron chi connectivity index (χ3n) is 1.42. The van der Waals surface area contributed by atoms with Gasteiger partial charge in [-0.3, -0.25) is 0 Å². The third-order valence-corrected chi connectivity index (χ3v) is 1.42. The molecule has 1 aromatic carbocycles. The predicted molar refractivity (Wildman–Crippen MR) is 46.4 cm³/mol. The zero-order valence-corrected chi connectivity index (χ0v) is 6.64. The van der Waals surface area contributed by atoms with Crippen LogP contribution in [0.5, 0.6) is 11.5 Å². The van der Waals surface area contributed by atoms with Gasteiger partial charge in [-0.05, 0) is 23.8 Å². The van der Waals surface area contributed by atoms with Gasteiger partial charge in [-0.15, -0.1) is 0 Å². The Labute approximate surface area is 74.4 Å². The second-order valence-corrected chi connectivity index (χ2v) is 2.42. The SMILES string of the molecule is O=C(O)/C=C/[13c]1[13cH][13cH][13c](O)[13c](O)[13cH]1. The first-order valence-corrected chi connectivity index (χ1v) is 3.52. The van der Waals surface area contributed by atoms with Crippen LogP contribution in [0.2, 0.25) is 0 Å². The Bertz CT molecular complexity index is 355. The van der Waals surface area contributed by atoms with Crippen molar-refractivity contribution in [2.24, 2.45) is 0 Å². The normalized spacial score (nSPS) is 10.5. The van der Waals surface area contributed by atoms with E-state index in [1.165, 1.54) is 24.3 Å². The summed E-state index contributed by atoms with van der Waals surface area (Å²) in [4.78, 5) is 10.1. The fraction of sp³-hybridized carbons (Fsp3) is 0. The number of hydrogen-bond donors (Lipinski definition) is 3. The van der Waals surface area contributed by atoms with Crippen molar-refractivity contribution in [3.8, 4) is 11.5 Å². The van der Waals surface area contributed by atoms with Crippen molar-refractivity contribution in [1.29, 1.82) is 0 Å². The lowest BCUT2D eigenvalue weighted by atomic mass is 10.6. The van der Waals surface area contributed by atoms with Crippen LogP contribution in [-0.4, -0.2) is 21.3 Å². The maximum atomic E-state index is 10.1. The van der Waals surface area contributed by atoms with E-state index in [-0.39, 0.29) is 11.5 Å². The number of carbonyl (C=O) groups is 1. The highest BCUT2D eigenvalue weighted by molar-refractivity contribution is 5.85. The summed E-state index contributed by atoms with van der Waals surface area (Å²) >= 11 is 0. The van der Waals surface area contributed by atoms with Gasteiger partial charge in [-0.2, -0.15) is 0 Å². The Balaban J connectivity index is 2.92. The minimum Gasteiger partial charge on any atom is -0.504 e. The lowest BCUT2D eigenvalue weighted by Crippen LogP contribution is -1.85. The molecule has 0 spiro atoms. The summed E-state index contributed by atoms with van der Waals surface area (Å²) in [6.45, 7) is 0. The van der Waals surface area contributed by atoms with Crippen LogP contribution in [0, 0.1) is 0 Å². The number of hydrogen-bond acceptors (Lipinski definition) is 3. The largest absolute Gasteiger partial charge is 0.504 e. The van der Waals surface area contributed by atoms with E-state index in [0.29, 0.717) is 5.56 Å². The van der Waals surface area contributed by atoms with Gasteiger partial charge >= 0.3 is 5.97 Å². The molecular formula is C9H8O4. The smallest absolute Gasteiger partial charge is 0.328 e. The summed E-state index contributed by atoms with van der Waals surface area (Å²) < 4.78 is 0. The summed E-state index contributed by atoms with van der Waals surface area (Å²) in [6, 6.07) is 4.06.